The van der Waals surface area contributed by atoms with Crippen molar-refractivity contribution >= 4 is 45.1 Å². The van der Waals surface area contributed by atoms with Gasteiger partial charge in [0.2, 0.25) is 0 Å². The highest BCUT2D eigenvalue weighted by Gasteiger charge is 2.24. The lowest BCUT2D eigenvalue weighted by Crippen LogP contribution is -2.34. The van der Waals surface area contributed by atoms with E-state index in [9.17, 15) is 9.59 Å². The summed E-state index contributed by atoms with van der Waals surface area (Å²) in [5.41, 5.74) is 1.07. The molecule has 0 aliphatic rings. The minimum atomic E-state index is -0.722. The standard InChI is InChI=1S/C20H17ClN2O3/c1-20(2,3)26-19(25)23-15-10-6-8-13(21)17(15)22-14-9-5-4-7-12(14)11-16(22)18(23)24/h4-11H,1-3H3. The zero-order valence-corrected chi connectivity index (χ0v) is 15.4. The summed E-state index contributed by atoms with van der Waals surface area (Å²) in [6.07, 6.45) is -0.720. The molecule has 2 aromatic heterocycles. The third-order valence-electron chi connectivity index (χ3n) is 4.14. The van der Waals surface area contributed by atoms with Crippen molar-refractivity contribution in [3.8, 4) is 0 Å². The molecule has 6 heteroatoms. The molecular weight excluding hydrogens is 352 g/mol. The molecule has 26 heavy (non-hydrogen) atoms. The van der Waals surface area contributed by atoms with Crippen molar-refractivity contribution < 1.29 is 9.53 Å². The van der Waals surface area contributed by atoms with Gasteiger partial charge in [-0.2, -0.15) is 0 Å². The Kier molecular flexibility index (Phi) is 3.59. The van der Waals surface area contributed by atoms with E-state index in [1.165, 1.54) is 0 Å². The third kappa shape index (κ3) is 2.47. The Morgan fingerprint density at radius 3 is 2.42 bits per heavy atom. The number of carbonyl (C=O) groups excluding carboxylic acids is 1. The molecule has 132 valence electrons. The van der Waals surface area contributed by atoms with Crippen molar-refractivity contribution in [3.05, 3.63) is 63.9 Å². The van der Waals surface area contributed by atoms with E-state index in [1.54, 1.807) is 49.4 Å². The number of fused-ring (bicyclic) bond motifs is 5. The van der Waals surface area contributed by atoms with Crippen LogP contribution in [0.3, 0.4) is 0 Å². The Balaban J connectivity index is 2.21. The number of para-hydroxylation sites is 2. The second-order valence-electron chi connectivity index (χ2n) is 7.15. The van der Waals surface area contributed by atoms with Gasteiger partial charge in [0.05, 0.1) is 21.6 Å². The lowest BCUT2D eigenvalue weighted by atomic mass is 10.2. The van der Waals surface area contributed by atoms with Gasteiger partial charge in [0.1, 0.15) is 11.1 Å². The molecule has 0 N–H and O–H groups in total. The quantitative estimate of drug-likeness (QED) is 0.446. The molecular formula is C20H17ClN2O3. The number of carbonyl (C=O) groups is 1. The summed E-state index contributed by atoms with van der Waals surface area (Å²) in [5.74, 6) is 0. The molecule has 0 amide bonds. The molecule has 4 rings (SSSR count). The number of nitrogens with zero attached hydrogens (tertiary/aromatic N) is 2. The molecule has 2 heterocycles. The van der Waals surface area contributed by atoms with E-state index in [2.05, 4.69) is 0 Å². The summed E-state index contributed by atoms with van der Waals surface area (Å²) in [6.45, 7) is 5.28. The predicted octanol–water partition coefficient (Wildman–Crippen LogP) is 4.84. The van der Waals surface area contributed by atoms with Gasteiger partial charge in [0.25, 0.3) is 5.56 Å². The van der Waals surface area contributed by atoms with Crippen LogP contribution in [-0.2, 0) is 4.74 Å². The van der Waals surface area contributed by atoms with E-state index < -0.39 is 17.3 Å². The Bertz CT molecular complexity index is 1250. The minimum Gasteiger partial charge on any atom is -0.443 e. The van der Waals surface area contributed by atoms with Crippen molar-refractivity contribution in [1.29, 1.82) is 0 Å². The van der Waals surface area contributed by atoms with E-state index in [4.69, 9.17) is 16.3 Å². The number of ether oxygens (including phenoxy) is 1. The van der Waals surface area contributed by atoms with Gasteiger partial charge in [-0.3, -0.25) is 4.79 Å². The number of aromatic nitrogens is 2. The molecule has 5 nitrogen and oxygen atoms in total. The largest absolute Gasteiger partial charge is 0.443 e. The number of hydrogen-bond donors (Lipinski definition) is 0. The number of rotatable bonds is 0. The maximum absolute atomic E-state index is 13.1. The fourth-order valence-electron chi connectivity index (χ4n) is 3.17. The average molecular weight is 369 g/mol. The second kappa shape index (κ2) is 5.61. The summed E-state index contributed by atoms with van der Waals surface area (Å²) < 4.78 is 8.31. The minimum absolute atomic E-state index is 0.373. The van der Waals surface area contributed by atoms with Gasteiger partial charge in [0.15, 0.2) is 0 Å². The Morgan fingerprint density at radius 2 is 1.69 bits per heavy atom. The fourth-order valence-corrected chi connectivity index (χ4v) is 3.43. The molecule has 4 aromatic rings. The van der Waals surface area contributed by atoms with Crippen LogP contribution in [0.5, 0.6) is 0 Å². The molecule has 0 saturated carbocycles. The Hall–Kier alpha value is -2.79. The van der Waals surface area contributed by atoms with E-state index in [1.807, 2.05) is 24.3 Å². The first kappa shape index (κ1) is 16.7. The predicted molar refractivity (Wildman–Crippen MR) is 103 cm³/mol. The average Bonchev–Trinajstić information content (AvgIpc) is 2.93. The molecule has 0 atom stereocenters. The number of benzene rings is 2. The summed E-state index contributed by atoms with van der Waals surface area (Å²) in [7, 11) is 0. The van der Waals surface area contributed by atoms with Crippen LogP contribution in [0, 0.1) is 0 Å². The summed E-state index contributed by atoms with van der Waals surface area (Å²) in [5, 5.41) is 1.35. The highest BCUT2D eigenvalue weighted by Crippen LogP contribution is 2.28. The van der Waals surface area contributed by atoms with Crippen LogP contribution in [-0.4, -0.2) is 20.7 Å². The van der Waals surface area contributed by atoms with Gasteiger partial charge >= 0.3 is 6.09 Å². The van der Waals surface area contributed by atoms with Crippen molar-refractivity contribution in [2.45, 2.75) is 26.4 Å². The first-order valence-electron chi connectivity index (χ1n) is 8.25. The van der Waals surface area contributed by atoms with Gasteiger partial charge < -0.3 is 9.14 Å². The highest BCUT2D eigenvalue weighted by atomic mass is 35.5. The Labute approximate surface area is 154 Å². The smallest absolute Gasteiger partial charge is 0.422 e. The first-order valence-corrected chi connectivity index (χ1v) is 8.62. The van der Waals surface area contributed by atoms with E-state index in [0.29, 0.717) is 21.6 Å². The third-order valence-corrected chi connectivity index (χ3v) is 4.44. The van der Waals surface area contributed by atoms with Crippen LogP contribution in [0.2, 0.25) is 5.02 Å². The van der Waals surface area contributed by atoms with E-state index in [-0.39, 0.29) is 0 Å². The van der Waals surface area contributed by atoms with Crippen LogP contribution < -0.4 is 5.56 Å². The van der Waals surface area contributed by atoms with Gasteiger partial charge in [-0.1, -0.05) is 35.9 Å². The number of halogens is 1. The molecule has 0 aliphatic carbocycles. The molecule has 0 unspecified atom stereocenters. The van der Waals surface area contributed by atoms with Crippen LogP contribution in [0.15, 0.2) is 53.3 Å². The molecule has 0 spiro atoms. The van der Waals surface area contributed by atoms with Gasteiger partial charge in [0, 0.05) is 5.39 Å². The summed E-state index contributed by atoms with van der Waals surface area (Å²) in [4.78, 5) is 25.9. The van der Waals surface area contributed by atoms with Crippen LogP contribution in [0.4, 0.5) is 4.79 Å². The number of hydrogen-bond acceptors (Lipinski definition) is 3. The molecule has 0 radical (unpaired) electrons. The van der Waals surface area contributed by atoms with Crippen LogP contribution >= 0.6 is 11.6 Å². The molecule has 0 fully saturated rings. The fraction of sp³-hybridized carbons (Fsp3) is 0.200. The zero-order valence-electron chi connectivity index (χ0n) is 14.6. The molecule has 0 saturated heterocycles. The van der Waals surface area contributed by atoms with Gasteiger partial charge in [-0.15, -0.1) is 0 Å². The monoisotopic (exact) mass is 368 g/mol. The van der Waals surface area contributed by atoms with Crippen molar-refractivity contribution in [3.63, 3.8) is 0 Å². The van der Waals surface area contributed by atoms with Crippen LogP contribution in [0.25, 0.3) is 27.5 Å². The van der Waals surface area contributed by atoms with Crippen LogP contribution in [0.1, 0.15) is 20.8 Å². The lowest BCUT2D eigenvalue weighted by Gasteiger charge is -2.21. The van der Waals surface area contributed by atoms with Crippen molar-refractivity contribution in [2.24, 2.45) is 0 Å². The van der Waals surface area contributed by atoms with E-state index in [0.717, 1.165) is 15.5 Å². The highest BCUT2D eigenvalue weighted by molar-refractivity contribution is 6.35. The Morgan fingerprint density at radius 1 is 1.00 bits per heavy atom. The SMILES string of the molecule is CC(C)(C)OC(=O)n1c(=O)c2cc3ccccc3n2c2c(Cl)cccc21. The first-order chi connectivity index (χ1) is 12.3. The maximum atomic E-state index is 13.1. The molecule has 0 bridgehead atoms. The van der Waals surface area contributed by atoms with Crippen molar-refractivity contribution in [2.75, 3.05) is 0 Å². The molecule has 2 aromatic carbocycles. The topological polar surface area (TPSA) is 52.7 Å². The zero-order chi connectivity index (χ0) is 18.6. The van der Waals surface area contributed by atoms with Gasteiger partial charge in [-0.25, -0.2) is 9.36 Å². The second-order valence-corrected chi connectivity index (χ2v) is 7.56. The summed E-state index contributed by atoms with van der Waals surface area (Å²) in [6, 6.07) is 14.5. The normalized spacial score (nSPS) is 12.2. The maximum Gasteiger partial charge on any atom is 0.422 e. The van der Waals surface area contributed by atoms with E-state index >= 15 is 0 Å². The molecule has 0 aliphatic heterocycles. The lowest BCUT2D eigenvalue weighted by molar-refractivity contribution is 0.0539. The summed E-state index contributed by atoms with van der Waals surface area (Å²) >= 11 is 6.47. The van der Waals surface area contributed by atoms with Gasteiger partial charge in [-0.05, 0) is 45.0 Å². The van der Waals surface area contributed by atoms with Crippen molar-refractivity contribution in [1.82, 2.24) is 8.97 Å².